The highest BCUT2D eigenvalue weighted by Gasteiger charge is 2.08. The fourth-order valence-electron chi connectivity index (χ4n) is 1.77. The molecule has 20 heavy (non-hydrogen) atoms. The number of rotatable bonds is 4. The van der Waals surface area contributed by atoms with Gasteiger partial charge in [0.25, 0.3) is 5.91 Å². The van der Waals surface area contributed by atoms with E-state index in [1.165, 1.54) is 0 Å². The topological polar surface area (TPSA) is 41.1 Å². The lowest BCUT2D eigenvalue weighted by Gasteiger charge is -2.07. The quantitative estimate of drug-likeness (QED) is 0.895. The molecule has 0 aliphatic carbocycles. The minimum Gasteiger partial charge on any atom is -0.385 e. The Labute approximate surface area is 115 Å². The Balaban J connectivity index is 2.11. The summed E-state index contributed by atoms with van der Waals surface area (Å²) in [6, 6.07) is 9.70. The van der Waals surface area contributed by atoms with Crippen molar-refractivity contribution in [3.05, 3.63) is 59.7 Å². The molecule has 0 saturated carbocycles. The molecule has 0 fully saturated rings. The molecule has 2 N–H and O–H groups in total. The summed E-state index contributed by atoms with van der Waals surface area (Å²) in [6.07, 6.45) is 0. The van der Waals surface area contributed by atoms with Crippen molar-refractivity contribution in [2.24, 2.45) is 0 Å². The first kappa shape index (κ1) is 14.0. The van der Waals surface area contributed by atoms with Gasteiger partial charge < -0.3 is 10.6 Å². The lowest BCUT2D eigenvalue weighted by Crippen LogP contribution is -2.12. The number of hydrogen-bond donors (Lipinski definition) is 2. The molecule has 0 radical (unpaired) electrons. The maximum Gasteiger partial charge on any atom is 0.255 e. The predicted octanol–water partition coefficient (Wildman–Crippen LogP) is 3.65. The fourth-order valence-corrected chi connectivity index (χ4v) is 1.77. The summed E-state index contributed by atoms with van der Waals surface area (Å²) in [7, 11) is 0. The molecule has 0 heterocycles. The maximum atomic E-state index is 13.0. The first-order valence-electron chi connectivity index (χ1n) is 6.20. The van der Waals surface area contributed by atoms with Crippen LogP contribution in [-0.2, 0) is 0 Å². The standard InChI is InChI=1S/C15H14F2N2O/c1-2-18-13-5-3-10(4-6-13)15(20)19-14-8-11(16)7-12(17)9-14/h3-9,18H,2H2,1H3,(H,19,20). The highest BCUT2D eigenvalue weighted by atomic mass is 19.1. The summed E-state index contributed by atoms with van der Waals surface area (Å²) in [4.78, 5) is 11.9. The number of nitrogens with one attached hydrogen (secondary N) is 2. The number of carbonyl (C=O) groups excluding carboxylic acids is 1. The third-order valence-electron chi connectivity index (χ3n) is 2.65. The van der Waals surface area contributed by atoms with E-state index in [-0.39, 0.29) is 5.69 Å². The first-order chi connectivity index (χ1) is 9.58. The number of anilines is 2. The smallest absolute Gasteiger partial charge is 0.255 e. The van der Waals surface area contributed by atoms with Crippen molar-refractivity contribution in [2.75, 3.05) is 17.2 Å². The second-order valence-electron chi connectivity index (χ2n) is 4.22. The Morgan fingerprint density at radius 3 is 2.15 bits per heavy atom. The molecule has 2 aromatic rings. The third-order valence-corrected chi connectivity index (χ3v) is 2.65. The first-order valence-corrected chi connectivity index (χ1v) is 6.20. The lowest BCUT2D eigenvalue weighted by atomic mass is 10.2. The highest BCUT2D eigenvalue weighted by Crippen LogP contribution is 2.15. The van der Waals surface area contributed by atoms with Crippen LogP contribution in [0.3, 0.4) is 0 Å². The Morgan fingerprint density at radius 2 is 1.60 bits per heavy atom. The number of amides is 1. The Bertz CT molecular complexity index is 592. The number of halogens is 2. The summed E-state index contributed by atoms with van der Waals surface area (Å²) < 4.78 is 26.0. The van der Waals surface area contributed by atoms with Crippen LogP contribution in [0, 0.1) is 11.6 Å². The van der Waals surface area contributed by atoms with Crippen LogP contribution < -0.4 is 10.6 Å². The molecule has 1 amide bonds. The van der Waals surface area contributed by atoms with E-state index in [9.17, 15) is 13.6 Å². The van der Waals surface area contributed by atoms with Gasteiger partial charge >= 0.3 is 0 Å². The zero-order valence-corrected chi connectivity index (χ0v) is 10.9. The molecule has 0 unspecified atom stereocenters. The maximum absolute atomic E-state index is 13.0. The Kier molecular flexibility index (Phi) is 4.30. The summed E-state index contributed by atoms with van der Waals surface area (Å²) in [5, 5.41) is 5.56. The second kappa shape index (κ2) is 6.14. The van der Waals surface area contributed by atoms with Crippen LogP contribution in [-0.4, -0.2) is 12.5 Å². The molecular weight excluding hydrogens is 262 g/mol. The average Bonchev–Trinajstić information content (AvgIpc) is 2.38. The van der Waals surface area contributed by atoms with E-state index in [2.05, 4.69) is 10.6 Å². The largest absolute Gasteiger partial charge is 0.385 e. The van der Waals surface area contributed by atoms with Gasteiger partial charge in [0.05, 0.1) is 0 Å². The molecule has 0 atom stereocenters. The summed E-state index contributed by atoms with van der Waals surface area (Å²) in [6.45, 7) is 2.76. The van der Waals surface area contributed by atoms with Gasteiger partial charge in [0.15, 0.2) is 0 Å². The molecule has 0 bridgehead atoms. The molecule has 104 valence electrons. The van der Waals surface area contributed by atoms with Gasteiger partial charge in [-0.3, -0.25) is 4.79 Å². The minimum atomic E-state index is -0.734. The molecule has 2 rings (SSSR count). The van der Waals surface area contributed by atoms with Crippen molar-refractivity contribution in [3.8, 4) is 0 Å². The fraction of sp³-hybridized carbons (Fsp3) is 0.133. The summed E-state index contributed by atoms with van der Waals surface area (Å²) in [5.74, 6) is -1.89. The van der Waals surface area contributed by atoms with Crippen LogP contribution in [0.5, 0.6) is 0 Å². The summed E-state index contributed by atoms with van der Waals surface area (Å²) in [5.41, 5.74) is 1.40. The normalized spacial score (nSPS) is 10.2. The van der Waals surface area contributed by atoms with E-state index in [1.807, 2.05) is 6.92 Å². The van der Waals surface area contributed by atoms with Gasteiger partial charge in [-0.25, -0.2) is 8.78 Å². The Hall–Kier alpha value is -2.43. The van der Waals surface area contributed by atoms with E-state index in [4.69, 9.17) is 0 Å². The molecule has 0 aliphatic rings. The zero-order chi connectivity index (χ0) is 14.5. The number of carbonyl (C=O) groups is 1. The summed E-state index contributed by atoms with van der Waals surface area (Å²) >= 11 is 0. The van der Waals surface area contributed by atoms with Crippen molar-refractivity contribution in [2.45, 2.75) is 6.92 Å². The van der Waals surface area contributed by atoms with Crippen molar-refractivity contribution >= 4 is 17.3 Å². The molecule has 0 spiro atoms. The Morgan fingerprint density at radius 1 is 1.00 bits per heavy atom. The van der Waals surface area contributed by atoms with Crippen molar-refractivity contribution in [1.82, 2.24) is 0 Å². The van der Waals surface area contributed by atoms with Crippen LogP contribution in [0.2, 0.25) is 0 Å². The molecule has 0 aromatic heterocycles. The van der Waals surface area contributed by atoms with Crippen LogP contribution >= 0.6 is 0 Å². The number of hydrogen-bond acceptors (Lipinski definition) is 2. The van der Waals surface area contributed by atoms with Crippen LogP contribution in [0.4, 0.5) is 20.2 Å². The van der Waals surface area contributed by atoms with Gasteiger partial charge in [-0.15, -0.1) is 0 Å². The molecule has 0 saturated heterocycles. The number of benzene rings is 2. The molecule has 3 nitrogen and oxygen atoms in total. The molecular formula is C15H14F2N2O. The van der Waals surface area contributed by atoms with E-state index in [0.717, 1.165) is 30.4 Å². The monoisotopic (exact) mass is 276 g/mol. The van der Waals surface area contributed by atoms with Gasteiger partial charge in [0.1, 0.15) is 11.6 Å². The highest BCUT2D eigenvalue weighted by molar-refractivity contribution is 6.04. The van der Waals surface area contributed by atoms with Gasteiger partial charge in [-0.05, 0) is 43.3 Å². The zero-order valence-electron chi connectivity index (χ0n) is 10.9. The second-order valence-corrected chi connectivity index (χ2v) is 4.22. The lowest BCUT2D eigenvalue weighted by molar-refractivity contribution is 0.102. The van der Waals surface area contributed by atoms with E-state index >= 15 is 0 Å². The van der Waals surface area contributed by atoms with Crippen LogP contribution in [0.15, 0.2) is 42.5 Å². The minimum absolute atomic E-state index is 0.0864. The van der Waals surface area contributed by atoms with Crippen LogP contribution in [0.1, 0.15) is 17.3 Å². The van der Waals surface area contributed by atoms with Crippen molar-refractivity contribution in [1.29, 1.82) is 0 Å². The van der Waals surface area contributed by atoms with E-state index < -0.39 is 17.5 Å². The van der Waals surface area contributed by atoms with Crippen molar-refractivity contribution in [3.63, 3.8) is 0 Å². The average molecular weight is 276 g/mol. The predicted molar refractivity (Wildman–Crippen MR) is 74.9 cm³/mol. The van der Waals surface area contributed by atoms with Gasteiger partial charge in [-0.1, -0.05) is 0 Å². The molecule has 0 aliphatic heterocycles. The SMILES string of the molecule is CCNc1ccc(C(=O)Nc2cc(F)cc(F)c2)cc1. The molecule has 5 heteroatoms. The van der Waals surface area contributed by atoms with Crippen molar-refractivity contribution < 1.29 is 13.6 Å². The van der Waals surface area contributed by atoms with E-state index in [1.54, 1.807) is 24.3 Å². The third kappa shape index (κ3) is 3.54. The van der Waals surface area contributed by atoms with Gasteiger partial charge in [0.2, 0.25) is 0 Å². The van der Waals surface area contributed by atoms with Gasteiger partial charge in [-0.2, -0.15) is 0 Å². The molecule has 2 aromatic carbocycles. The van der Waals surface area contributed by atoms with Crippen LogP contribution in [0.25, 0.3) is 0 Å². The van der Waals surface area contributed by atoms with Gasteiger partial charge in [0, 0.05) is 29.5 Å². The van der Waals surface area contributed by atoms with E-state index in [0.29, 0.717) is 5.56 Å².